The molecule has 4 aromatic rings. The second-order valence-corrected chi connectivity index (χ2v) is 8.31. The fraction of sp³-hybridized carbons (Fsp3) is 0.250. The van der Waals surface area contributed by atoms with E-state index in [1.807, 2.05) is 26.0 Å². The number of rotatable bonds is 4. The zero-order chi connectivity index (χ0) is 23.1. The Morgan fingerprint density at radius 1 is 1.06 bits per heavy atom. The number of hydrogen-bond acceptors (Lipinski definition) is 6. The molecule has 168 valence electrons. The lowest BCUT2D eigenvalue weighted by Gasteiger charge is -2.18. The van der Waals surface area contributed by atoms with E-state index in [0.29, 0.717) is 0 Å². The molecule has 0 unspecified atom stereocenters. The van der Waals surface area contributed by atoms with Gasteiger partial charge in [0.25, 0.3) is 5.56 Å². The van der Waals surface area contributed by atoms with Gasteiger partial charge in [-0.3, -0.25) is 4.79 Å². The quantitative estimate of drug-likeness (QED) is 0.489. The number of halogens is 2. The average molecular weight is 448 g/mol. The van der Waals surface area contributed by atoms with Gasteiger partial charge >= 0.3 is 0 Å². The summed E-state index contributed by atoms with van der Waals surface area (Å²) in [6.45, 7) is 5.36. The highest BCUT2D eigenvalue weighted by atomic mass is 19.1. The predicted molar refractivity (Wildman–Crippen MR) is 122 cm³/mol. The topological polar surface area (TPSA) is 84.7 Å². The first-order valence-electron chi connectivity index (χ1n) is 10.7. The van der Waals surface area contributed by atoms with Gasteiger partial charge in [-0.25, -0.2) is 23.7 Å². The van der Waals surface area contributed by atoms with E-state index >= 15 is 0 Å². The Morgan fingerprint density at radius 2 is 1.91 bits per heavy atom. The maximum Gasteiger partial charge on any atom is 0.269 e. The molecule has 0 atom stereocenters. The average Bonchev–Trinajstić information content (AvgIpc) is 2.79. The molecule has 0 radical (unpaired) electrons. The lowest BCUT2D eigenvalue weighted by molar-refractivity contribution is 0.591. The summed E-state index contributed by atoms with van der Waals surface area (Å²) in [5.74, 6) is -1.18. The molecule has 0 spiro atoms. The summed E-state index contributed by atoms with van der Waals surface area (Å²) in [5.41, 5.74) is 3.34. The fourth-order valence-corrected chi connectivity index (χ4v) is 4.18. The first-order chi connectivity index (χ1) is 15.9. The molecular formula is C24H22F2N6O. The number of hydrogen-bond donors (Lipinski definition) is 2. The number of nitrogens with one attached hydrogen (secondary N) is 2. The molecule has 0 aliphatic carbocycles. The van der Waals surface area contributed by atoms with Gasteiger partial charge in [-0.1, -0.05) is 6.07 Å². The molecule has 5 rings (SSSR count). The largest absolute Gasteiger partial charge is 0.324 e. The maximum atomic E-state index is 14.9. The zero-order valence-electron chi connectivity index (χ0n) is 18.2. The monoisotopic (exact) mass is 448 g/mol. The van der Waals surface area contributed by atoms with Crippen LogP contribution in [0.25, 0.3) is 22.3 Å². The third kappa shape index (κ3) is 3.95. The Bertz CT molecular complexity index is 1430. The second kappa shape index (κ2) is 8.32. The van der Waals surface area contributed by atoms with Crippen molar-refractivity contribution >= 4 is 22.7 Å². The minimum Gasteiger partial charge on any atom is -0.324 e. The highest BCUT2D eigenvalue weighted by molar-refractivity contribution is 5.82. The summed E-state index contributed by atoms with van der Waals surface area (Å²) in [6, 6.07) is 8.47. The fourth-order valence-electron chi connectivity index (χ4n) is 4.18. The Hall–Kier alpha value is -3.72. The van der Waals surface area contributed by atoms with E-state index in [2.05, 4.69) is 31.7 Å². The van der Waals surface area contributed by atoms with Crippen LogP contribution in [-0.2, 0) is 13.0 Å². The summed E-state index contributed by atoms with van der Waals surface area (Å²) < 4.78 is 31.0. The molecule has 9 heteroatoms. The van der Waals surface area contributed by atoms with Crippen molar-refractivity contribution in [3.05, 3.63) is 75.8 Å². The Balaban J connectivity index is 1.57. The van der Waals surface area contributed by atoms with Gasteiger partial charge in [0.2, 0.25) is 5.95 Å². The van der Waals surface area contributed by atoms with Gasteiger partial charge < -0.3 is 15.2 Å². The van der Waals surface area contributed by atoms with Crippen LogP contribution in [0.1, 0.15) is 31.0 Å². The highest BCUT2D eigenvalue weighted by Crippen LogP contribution is 2.28. The van der Waals surface area contributed by atoms with E-state index in [9.17, 15) is 13.6 Å². The summed E-state index contributed by atoms with van der Waals surface area (Å²) >= 11 is 0. The minimum atomic E-state index is -0.698. The summed E-state index contributed by atoms with van der Waals surface area (Å²) in [6.07, 6.45) is 3.11. The van der Waals surface area contributed by atoms with Gasteiger partial charge in [-0.2, -0.15) is 0 Å². The van der Waals surface area contributed by atoms with E-state index in [-0.39, 0.29) is 39.8 Å². The molecule has 0 bridgehead atoms. The van der Waals surface area contributed by atoms with E-state index in [0.717, 1.165) is 37.6 Å². The Morgan fingerprint density at radius 3 is 2.73 bits per heavy atom. The molecule has 2 aromatic carbocycles. The van der Waals surface area contributed by atoms with E-state index in [1.165, 1.54) is 27.8 Å². The standard InChI is InChI=1S/C24H22F2N6O/c1-13(2)32-20-9-15(8-18(25)23(20)28-12-21(32)33)22-19(26)11-29-24(31-22)30-17-4-3-14-5-6-27-10-16(14)7-17/h3-4,7-9,11-13,27H,5-6,10H2,1-2H3,(H,29,30,31). The molecule has 1 aliphatic rings. The van der Waals surface area contributed by atoms with E-state index in [4.69, 9.17) is 0 Å². The van der Waals surface area contributed by atoms with E-state index in [1.54, 1.807) is 0 Å². The van der Waals surface area contributed by atoms with Gasteiger partial charge in [0.05, 0.1) is 17.9 Å². The van der Waals surface area contributed by atoms with Gasteiger partial charge in [0.15, 0.2) is 11.6 Å². The smallest absolute Gasteiger partial charge is 0.269 e. The number of fused-ring (bicyclic) bond motifs is 2. The molecule has 2 N–H and O–H groups in total. The van der Waals surface area contributed by atoms with Crippen LogP contribution in [0.3, 0.4) is 0 Å². The molecule has 3 heterocycles. The first-order valence-corrected chi connectivity index (χ1v) is 10.7. The van der Waals surface area contributed by atoms with Crippen LogP contribution in [0, 0.1) is 11.6 Å². The molecule has 33 heavy (non-hydrogen) atoms. The molecule has 0 saturated heterocycles. The Kier molecular flexibility index (Phi) is 5.33. The lowest BCUT2D eigenvalue weighted by Crippen LogP contribution is -2.23. The number of anilines is 2. The third-order valence-electron chi connectivity index (χ3n) is 5.73. The molecule has 0 amide bonds. The lowest BCUT2D eigenvalue weighted by atomic mass is 10.0. The molecule has 0 saturated carbocycles. The van der Waals surface area contributed by atoms with Crippen molar-refractivity contribution in [3.63, 3.8) is 0 Å². The maximum absolute atomic E-state index is 14.9. The van der Waals surface area contributed by atoms with Crippen LogP contribution in [0.15, 0.2) is 47.5 Å². The number of nitrogens with zero attached hydrogens (tertiary/aromatic N) is 4. The van der Waals surface area contributed by atoms with Crippen LogP contribution >= 0.6 is 0 Å². The number of benzene rings is 2. The highest BCUT2D eigenvalue weighted by Gasteiger charge is 2.17. The van der Waals surface area contributed by atoms with Crippen LogP contribution in [-0.4, -0.2) is 26.1 Å². The van der Waals surface area contributed by atoms with E-state index < -0.39 is 11.6 Å². The molecule has 7 nitrogen and oxygen atoms in total. The Labute approximate surface area is 188 Å². The SMILES string of the molecule is CC(C)n1c(=O)cnc2c(F)cc(-c3nc(Nc4ccc5c(c4)CNCC5)ncc3F)cc21. The van der Waals surface area contributed by atoms with Gasteiger partial charge in [-0.05, 0) is 62.2 Å². The van der Waals surface area contributed by atoms with Gasteiger partial charge in [0, 0.05) is 23.8 Å². The van der Waals surface area contributed by atoms with Gasteiger partial charge in [-0.15, -0.1) is 0 Å². The van der Waals surface area contributed by atoms with Crippen molar-refractivity contribution in [1.29, 1.82) is 0 Å². The van der Waals surface area contributed by atoms with Crippen molar-refractivity contribution in [1.82, 2.24) is 24.8 Å². The normalized spacial score (nSPS) is 13.4. The zero-order valence-corrected chi connectivity index (χ0v) is 18.2. The molecule has 0 fully saturated rings. The predicted octanol–water partition coefficient (Wildman–Crippen LogP) is 4.10. The van der Waals surface area contributed by atoms with Crippen molar-refractivity contribution < 1.29 is 8.78 Å². The second-order valence-electron chi connectivity index (χ2n) is 8.31. The third-order valence-corrected chi connectivity index (χ3v) is 5.73. The molecular weight excluding hydrogens is 426 g/mol. The molecule has 2 aromatic heterocycles. The summed E-state index contributed by atoms with van der Waals surface area (Å²) in [7, 11) is 0. The minimum absolute atomic E-state index is 0.0440. The van der Waals surface area contributed by atoms with Crippen LogP contribution in [0.4, 0.5) is 20.4 Å². The van der Waals surface area contributed by atoms with Crippen LogP contribution < -0.4 is 16.2 Å². The van der Waals surface area contributed by atoms with Crippen molar-refractivity contribution in [2.75, 3.05) is 11.9 Å². The van der Waals surface area contributed by atoms with Crippen molar-refractivity contribution in [3.8, 4) is 11.3 Å². The molecule has 1 aliphatic heterocycles. The van der Waals surface area contributed by atoms with Crippen LogP contribution in [0.5, 0.6) is 0 Å². The van der Waals surface area contributed by atoms with Crippen LogP contribution in [0.2, 0.25) is 0 Å². The van der Waals surface area contributed by atoms with Crippen molar-refractivity contribution in [2.45, 2.75) is 32.9 Å². The van der Waals surface area contributed by atoms with Gasteiger partial charge in [0.1, 0.15) is 11.2 Å². The number of aromatic nitrogens is 4. The summed E-state index contributed by atoms with van der Waals surface area (Å²) in [4.78, 5) is 24.6. The van der Waals surface area contributed by atoms with Crippen molar-refractivity contribution in [2.24, 2.45) is 0 Å². The first kappa shape index (κ1) is 21.1. The summed E-state index contributed by atoms with van der Waals surface area (Å²) in [5, 5.41) is 6.44.